The first-order valence-corrected chi connectivity index (χ1v) is 6.89. The molecule has 102 valence electrons. The number of Topliss-reactive ketones (excluding diaryl/α,β-unsaturated/α-hetero) is 1. The van der Waals surface area contributed by atoms with Gasteiger partial charge in [-0.05, 0) is 25.3 Å². The summed E-state index contributed by atoms with van der Waals surface area (Å²) in [6.07, 6.45) is 3.64. The van der Waals surface area contributed by atoms with E-state index in [1.54, 1.807) is 6.92 Å². The first-order valence-electron chi connectivity index (χ1n) is 6.89. The average Bonchev–Trinajstić information content (AvgIpc) is 2.46. The summed E-state index contributed by atoms with van der Waals surface area (Å²) in [6.45, 7) is 1.87. The quantitative estimate of drug-likeness (QED) is 0.781. The summed E-state index contributed by atoms with van der Waals surface area (Å²) in [6, 6.07) is 9.62. The van der Waals surface area contributed by atoms with Crippen molar-refractivity contribution in [1.82, 2.24) is 0 Å². The summed E-state index contributed by atoms with van der Waals surface area (Å²) in [5.41, 5.74) is 0.978. The van der Waals surface area contributed by atoms with Gasteiger partial charge in [-0.15, -0.1) is 0 Å². The minimum Gasteiger partial charge on any atom is -0.461 e. The Labute approximate surface area is 114 Å². The third-order valence-corrected chi connectivity index (χ3v) is 3.81. The first kappa shape index (κ1) is 13.8. The molecule has 3 nitrogen and oxygen atoms in total. The van der Waals surface area contributed by atoms with Crippen LogP contribution in [0.25, 0.3) is 0 Å². The average molecular weight is 260 g/mol. The maximum absolute atomic E-state index is 12.1. The van der Waals surface area contributed by atoms with Gasteiger partial charge in [-0.1, -0.05) is 43.2 Å². The highest BCUT2D eigenvalue weighted by atomic mass is 16.5. The Morgan fingerprint density at radius 1 is 1.11 bits per heavy atom. The van der Waals surface area contributed by atoms with Crippen LogP contribution in [-0.2, 0) is 20.9 Å². The van der Waals surface area contributed by atoms with Crippen molar-refractivity contribution >= 4 is 11.8 Å². The zero-order valence-corrected chi connectivity index (χ0v) is 11.3. The number of rotatable bonds is 4. The van der Waals surface area contributed by atoms with Crippen molar-refractivity contribution in [3.8, 4) is 0 Å². The van der Waals surface area contributed by atoms with E-state index in [0.717, 1.165) is 31.2 Å². The lowest BCUT2D eigenvalue weighted by atomic mass is 9.77. The predicted molar refractivity (Wildman–Crippen MR) is 72.4 cm³/mol. The van der Waals surface area contributed by atoms with E-state index < -0.39 is 0 Å². The van der Waals surface area contributed by atoms with Crippen molar-refractivity contribution in [3.63, 3.8) is 0 Å². The predicted octanol–water partition coefficient (Wildman–Crippen LogP) is 3.13. The van der Waals surface area contributed by atoms with Gasteiger partial charge in [-0.2, -0.15) is 0 Å². The van der Waals surface area contributed by atoms with Gasteiger partial charge in [0.25, 0.3) is 0 Å². The van der Waals surface area contributed by atoms with Gasteiger partial charge in [-0.3, -0.25) is 9.59 Å². The molecule has 19 heavy (non-hydrogen) atoms. The fraction of sp³-hybridized carbons (Fsp3) is 0.500. The van der Waals surface area contributed by atoms with Crippen molar-refractivity contribution in [2.75, 3.05) is 0 Å². The third-order valence-electron chi connectivity index (χ3n) is 3.81. The van der Waals surface area contributed by atoms with E-state index in [4.69, 9.17) is 4.74 Å². The molecular formula is C16H20O3. The molecule has 0 N–H and O–H groups in total. The van der Waals surface area contributed by atoms with Crippen molar-refractivity contribution < 1.29 is 14.3 Å². The van der Waals surface area contributed by atoms with E-state index in [9.17, 15) is 9.59 Å². The van der Waals surface area contributed by atoms with Crippen LogP contribution in [0, 0.1) is 11.8 Å². The van der Waals surface area contributed by atoms with Gasteiger partial charge < -0.3 is 4.74 Å². The van der Waals surface area contributed by atoms with E-state index in [1.165, 1.54) is 0 Å². The van der Waals surface area contributed by atoms with E-state index in [2.05, 4.69) is 0 Å². The number of ether oxygens (including phenoxy) is 1. The van der Waals surface area contributed by atoms with Crippen LogP contribution in [0.15, 0.2) is 30.3 Å². The Morgan fingerprint density at radius 2 is 1.74 bits per heavy atom. The number of carbonyl (C=O) groups excluding carboxylic acids is 2. The smallest absolute Gasteiger partial charge is 0.309 e. The highest BCUT2D eigenvalue weighted by molar-refractivity contribution is 5.85. The minimum atomic E-state index is -0.241. The third kappa shape index (κ3) is 3.66. The second kappa shape index (κ2) is 6.50. The molecule has 0 unspecified atom stereocenters. The number of esters is 1. The molecule has 0 saturated heterocycles. The zero-order valence-electron chi connectivity index (χ0n) is 11.3. The molecule has 1 aromatic rings. The van der Waals surface area contributed by atoms with Gasteiger partial charge in [0, 0.05) is 5.92 Å². The molecule has 0 aromatic heterocycles. The van der Waals surface area contributed by atoms with Crippen LogP contribution >= 0.6 is 0 Å². The highest BCUT2D eigenvalue weighted by Crippen LogP contribution is 2.31. The number of ketones is 1. The SMILES string of the molecule is CC(=O)[C@@H]1CCCC[C@@H]1C(=O)OCc1ccccc1. The summed E-state index contributed by atoms with van der Waals surface area (Å²) in [4.78, 5) is 23.7. The molecule has 2 rings (SSSR count). The number of hydrogen-bond donors (Lipinski definition) is 0. The van der Waals surface area contributed by atoms with E-state index in [1.807, 2.05) is 30.3 Å². The molecule has 3 heteroatoms. The molecule has 1 aliphatic carbocycles. The lowest BCUT2D eigenvalue weighted by Crippen LogP contribution is -2.32. The molecule has 0 aliphatic heterocycles. The van der Waals surface area contributed by atoms with Crippen LogP contribution in [0.2, 0.25) is 0 Å². The maximum Gasteiger partial charge on any atom is 0.309 e. The van der Waals surface area contributed by atoms with Gasteiger partial charge in [0.1, 0.15) is 12.4 Å². The summed E-state index contributed by atoms with van der Waals surface area (Å²) in [5.74, 6) is -0.489. The lowest BCUT2D eigenvalue weighted by molar-refractivity contribution is -0.155. The molecule has 1 saturated carbocycles. The topological polar surface area (TPSA) is 43.4 Å². The maximum atomic E-state index is 12.1. The molecule has 0 radical (unpaired) electrons. The molecule has 0 spiro atoms. The molecule has 0 heterocycles. The monoisotopic (exact) mass is 260 g/mol. The van der Waals surface area contributed by atoms with Crippen LogP contribution < -0.4 is 0 Å². The number of carbonyl (C=O) groups is 2. The second-order valence-corrected chi connectivity index (χ2v) is 5.20. The fourth-order valence-electron chi connectivity index (χ4n) is 2.74. The van der Waals surface area contributed by atoms with Crippen LogP contribution in [0.5, 0.6) is 0 Å². The Balaban J connectivity index is 1.93. The standard InChI is InChI=1S/C16H20O3/c1-12(17)14-9-5-6-10-15(14)16(18)19-11-13-7-3-2-4-8-13/h2-4,7-8,14-15H,5-6,9-11H2,1H3/t14-,15-/m0/s1. The Bertz CT molecular complexity index is 439. The van der Waals surface area contributed by atoms with Crippen molar-refractivity contribution in [1.29, 1.82) is 0 Å². The van der Waals surface area contributed by atoms with Crippen molar-refractivity contribution in [2.45, 2.75) is 39.2 Å². The van der Waals surface area contributed by atoms with Crippen molar-refractivity contribution in [2.24, 2.45) is 11.8 Å². The molecule has 2 atom stereocenters. The fourth-order valence-corrected chi connectivity index (χ4v) is 2.74. The van der Waals surface area contributed by atoms with Crippen LogP contribution in [0.3, 0.4) is 0 Å². The minimum absolute atomic E-state index is 0.112. The molecular weight excluding hydrogens is 240 g/mol. The molecule has 1 fully saturated rings. The second-order valence-electron chi connectivity index (χ2n) is 5.20. The van der Waals surface area contributed by atoms with E-state index >= 15 is 0 Å². The van der Waals surface area contributed by atoms with Gasteiger partial charge in [-0.25, -0.2) is 0 Å². The molecule has 0 amide bonds. The first-order chi connectivity index (χ1) is 9.18. The van der Waals surface area contributed by atoms with Gasteiger partial charge >= 0.3 is 5.97 Å². The largest absolute Gasteiger partial charge is 0.461 e. The zero-order chi connectivity index (χ0) is 13.7. The summed E-state index contributed by atoms with van der Waals surface area (Å²) < 4.78 is 5.36. The summed E-state index contributed by atoms with van der Waals surface area (Å²) in [5, 5.41) is 0. The Morgan fingerprint density at radius 3 is 2.37 bits per heavy atom. The Hall–Kier alpha value is -1.64. The van der Waals surface area contributed by atoms with Gasteiger partial charge in [0.2, 0.25) is 0 Å². The summed E-state index contributed by atoms with van der Waals surface area (Å²) in [7, 11) is 0. The highest BCUT2D eigenvalue weighted by Gasteiger charge is 2.34. The normalized spacial score (nSPS) is 22.8. The molecule has 1 aliphatic rings. The molecule has 1 aromatic carbocycles. The van der Waals surface area contributed by atoms with Crippen LogP contribution in [-0.4, -0.2) is 11.8 Å². The molecule has 0 bridgehead atoms. The van der Waals surface area contributed by atoms with Gasteiger partial charge in [0.15, 0.2) is 0 Å². The lowest BCUT2D eigenvalue weighted by Gasteiger charge is -2.27. The van der Waals surface area contributed by atoms with Gasteiger partial charge in [0.05, 0.1) is 5.92 Å². The van der Waals surface area contributed by atoms with Crippen LogP contribution in [0.4, 0.5) is 0 Å². The summed E-state index contributed by atoms with van der Waals surface area (Å²) >= 11 is 0. The van der Waals surface area contributed by atoms with E-state index in [-0.39, 0.29) is 23.6 Å². The number of benzene rings is 1. The number of hydrogen-bond acceptors (Lipinski definition) is 3. The van der Waals surface area contributed by atoms with Crippen molar-refractivity contribution in [3.05, 3.63) is 35.9 Å². The van der Waals surface area contributed by atoms with Crippen LogP contribution in [0.1, 0.15) is 38.2 Å². The van der Waals surface area contributed by atoms with E-state index in [0.29, 0.717) is 6.61 Å². The Kier molecular flexibility index (Phi) is 4.72.